The SMILES string of the molecule is CC1(C)c2ccccc2-c2cc(-c3ccc(N(c4ccc(-c5ccccc5)cc4)c4ccc(-c5cccc(-c6cccc7c6C6(c8ccccc8-7)C7CC8CC(C7)CC6C8)c5)cc4)cc3)ccc21.c1ccc(-c2ccc(-c3ccc(N(c4ccc(-c5ccccc5)cc4)c4cccc(-c5ccccc5-c5ccc6c(c5)-c5ccccc5C65C6CC7CC(C6)CC5C7)c4)cc3)cc2)cc1. The third-order valence-electron chi connectivity index (χ3n) is 33.4. The van der Waals surface area contributed by atoms with Crippen molar-refractivity contribution >= 4 is 34.1 Å². The second-order valence-electron chi connectivity index (χ2n) is 40.6. The largest absolute Gasteiger partial charge is 0.311 e. The summed E-state index contributed by atoms with van der Waals surface area (Å²) in [4.78, 5) is 4.80. The van der Waals surface area contributed by atoms with Crippen molar-refractivity contribution in [1.82, 2.24) is 0 Å². The van der Waals surface area contributed by atoms with Crippen LogP contribution in [0.15, 0.2) is 437 Å². The van der Waals surface area contributed by atoms with E-state index in [4.69, 9.17) is 0 Å². The van der Waals surface area contributed by atoms with Gasteiger partial charge in [-0.1, -0.05) is 360 Å². The molecule has 11 aliphatic rings. The van der Waals surface area contributed by atoms with Crippen LogP contribution in [-0.4, -0.2) is 0 Å². The van der Waals surface area contributed by atoms with Crippen LogP contribution in [0, 0.1) is 47.3 Å². The highest BCUT2D eigenvalue weighted by atomic mass is 15.1. The molecule has 133 heavy (non-hydrogen) atoms. The van der Waals surface area contributed by atoms with Gasteiger partial charge in [-0.2, -0.15) is 0 Å². The maximum atomic E-state index is 2.56. The van der Waals surface area contributed by atoms with Crippen LogP contribution in [0.3, 0.4) is 0 Å². The number of fused-ring (bicyclic) bond motifs is 9. The molecule has 0 atom stereocenters. The Morgan fingerprint density at radius 3 is 0.887 bits per heavy atom. The minimum absolute atomic E-state index is 0.00418. The van der Waals surface area contributed by atoms with Crippen molar-refractivity contribution in [1.29, 1.82) is 0 Å². The van der Waals surface area contributed by atoms with E-state index in [1.807, 2.05) is 0 Å². The molecule has 0 radical (unpaired) electrons. The number of benzene rings is 18. The van der Waals surface area contributed by atoms with Gasteiger partial charge in [-0.05, 0) is 369 Å². The van der Waals surface area contributed by atoms with Gasteiger partial charge >= 0.3 is 0 Å². The highest BCUT2D eigenvalue weighted by Gasteiger charge is 2.64. The van der Waals surface area contributed by atoms with Crippen LogP contribution in [0.5, 0.6) is 0 Å². The summed E-state index contributed by atoms with van der Waals surface area (Å²) < 4.78 is 0. The number of nitrogens with zero attached hydrogens (tertiary/aromatic N) is 2. The van der Waals surface area contributed by atoms with E-state index in [9.17, 15) is 0 Å². The second kappa shape index (κ2) is 32.0. The quantitative estimate of drug-likeness (QED) is 0.101. The van der Waals surface area contributed by atoms with Gasteiger partial charge in [0.25, 0.3) is 0 Å². The molecule has 18 aromatic rings. The van der Waals surface area contributed by atoms with Crippen LogP contribution < -0.4 is 9.80 Å². The fourth-order valence-electron chi connectivity index (χ4n) is 28.0. The van der Waals surface area contributed by atoms with Gasteiger partial charge in [-0.25, -0.2) is 0 Å². The lowest BCUT2D eigenvalue weighted by atomic mass is 9.42. The van der Waals surface area contributed by atoms with Crippen molar-refractivity contribution in [2.24, 2.45) is 47.3 Å². The van der Waals surface area contributed by atoms with Gasteiger partial charge in [-0.3, -0.25) is 0 Å². The molecule has 0 aromatic heterocycles. The molecule has 11 aliphatic carbocycles. The van der Waals surface area contributed by atoms with Gasteiger partial charge in [0.2, 0.25) is 0 Å². The van der Waals surface area contributed by atoms with Crippen LogP contribution in [0.4, 0.5) is 34.1 Å². The average molecular weight is 1710 g/mol. The molecule has 0 heterocycles. The topological polar surface area (TPSA) is 6.48 Å². The lowest BCUT2D eigenvalue weighted by molar-refractivity contribution is -0.0399. The van der Waals surface area contributed by atoms with Gasteiger partial charge < -0.3 is 9.80 Å². The Morgan fingerprint density at radius 1 is 0.165 bits per heavy atom. The first-order chi connectivity index (χ1) is 65.6. The molecule has 0 aliphatic heterocycles. The molecule has 8 saturated carbocycles. The summed E-state index contributed by atoms with van der Waals surface area (Å²) in [6, 6.07) is 164. The summed E-state index contributed by atoms with van der Waals surface area (Å²) in [7, 11) is 0. The minimum Gasteiger partial charge on any atom is -0.311 e. The molecule has 0 N–H and O–H groups in total. The van der Waals surface area contributed by atoms with E-state index in [0.717, 1.165) is 81.5 Å². The monoisotopic (exact) mass is 1710 g/mol. The number of rotatable bonds is 15. The fourth-order valence-corrected chi connectivity index (χ4v) is 28.0. The van der Waals surface area contributed by atoms with Crippen molar-refractivity contribution in [3.8, 4) is 134 Å². The highest BCUT2D eigenvalue weighted by molar-refractivity contribution is 5.95. The normalized spacial score (nSPS) is 21.4. The summed E-state index contributed by atoms with van der Waals surface area (Å²) in [5.74, 6) is 6.72. The zero-order valence-electron chi connectivity index (χ0n) is 75.7. The molecule has 29 rings (SSSR count). The Bertz CT molecular complexity index is 7430. The van der Waals surface area contributed by atoms with Crippen LogP contribution in [-0.2, 0) is 16.2 Å². The number of anilines is 6. The molecule has 2 spiro atoms. The fraction of sp³-hybridized carbons (Fsp3) is 0.176. The maximum absolute atomic E-state index is 2.56. The van der Waals surface area contributed by atoms with E-state index >= 15 is 0 Å². The Morgan fingerprint density at radius 2 is 0.421 bits per heavy atom. The zero-order valence-corrected chi connectivity index (χ0v) is 75.7. The summed E-state index contributed by atoms with van der Waals surface area (Å²) in [5.41, 5.74) is 47.4. The van der Waals surface area contributed by atoms with Crippen LogP contribution >= 0.6 is 0 Å². The predicted molar refractivity (Wildman–Crippen MR) is 555 cm³/mol. The molecular formula is C131H106N2. The van der Waals surface area contributed by atoms with E-state index in [1.165, 1.54) is 209 Å². The summed E-state index contributed by atoms with van der Waals surface area (Å²) in [5, 5.41) is 0. The first-order valence-electron chi connectivity index (χ1n) is 49.0. The predicted octanol–water partition coefficient (Wildman–Crippen LogP) is 35.1. The molecule has 8 bridgehead atoms. The highest BCUT2D eigenvalue weighted by Crippen LogP contribution is 2.72. The minimum atomic E-state index is -0.00418. The summed E-state index contributed by atoms with van der Waals surface area (Å²) in [6.07, 6.45) is 14.1. The Labute approximate surface area is 783 Å². The van der Waals surface area contributed by atoms with Gasteiger partial charge in [0, 0.05) is 50.4 Å². The Hall–Kier alpha value is -14.4. The maximum Gasteiger partial charge on any atom is 0.0467 e. The lowest BCUT2D eigenvalue weighted by Gasteiger charge is -2.61. The Balaban J connectivity index is 0.000000139. The molecule has 8 fully saturated rings. The summed E-state index contributed by atoms with van der Waals surface area (Å²) >= 11 is 0. The van der Waals surface area contributed by atoms with E-state index in [2.05, 4.69) is 460 Å². The molecule has 0 unspecified atom stereocenters. The van der Waals surface area contributed by atoms with E-state index < -0.39 is 0 Å². The van der Waals surface area contributed by atoms with Crippen LogP contribution in [0.1, 0.15) is 111 Å². The molecule has 2 heteroatoms. The standard InChI is InChI=1S/C67H55N.C64H51N/c1-66(2)62-20-8-6-17-59(62)61-42-50(28-35-63(61)66)48-26-33-56(34-27-48)68(54-29-22-46(23-30-54)45-12-4-3-5-13-45)55-31-24-47(25-32-55)49-14-10-15-51(41-49)57-18-11-19-60-58-16-7-9-21-64(58)67(65(57)60)52-37-43-36-44(39-52)40-53(67)38-43;1-3-12-45(13-4-1)47-22-24-48(25-23-47)50-28-33-56(34-29-50)65(55-31-26-49(27-32-55)46-14-5-2-6-15-46)57-17-11-16-51(41-57)58-18-7-8-19-59(58)52-30-35-63-61(42-52)60-20-9-10-21-62(60)64(63)53-37-43-36-44(39-53)40-54(64)38-43/h3-35,41-44,52-53H,36-40H2,1-2H3;1-35,41-44,53-54H,36-40H2. The van der Waals surface area contributed by atoms with Gasteiger partial charge in [0.15, 0.2) is 0 Å². The third-order valence-corrected chi connectivity index (χ3v) is 33.4. The molecule has 640 valence electrons. The van der Waals surface area contributed by atoms with Gasteiger partial charge in [0.1, 0.15) is 0 Å². The summed E-state index contributed by atoms with van der Waals surface area (Å²) in [6.45, 7) is 4.70. The number of hydrogen-bond acceptors (Lipinski definition) is 2. The van der Waals surface area contributed by atoms with Crippen molar-refractivity contribution in [2.45, 2.75) is 94.3 Å². The van der Waals surface area contributed by atoms with Crippen molar-refractivity contribution in [3.63, 3.8) is 0 Å². The van der Waals surface area contributed by atoms with Crippen LogP contribution in [0.2, 0.25) is 0 Å². The smallest absolute Gasteiger partial charge is 0.0467 e. The van der Waals surface area contributed by atoms with E-state index in [0.29, 0.717) is 0 Å². The van der Waals surface area contributed by atoms with Crippen molar-refractivity contribution in [2.75, 3.05) is 9.80 Å². The van der Waals surface area contributed by atoms with Gasteiger partial charge in [-0.15, -0.1) is 0 Å². The molecular weight excluding hydrogens is 1600 g/mol. The third kappa shape index (κ3) is 13.1. The average Bonchev–Trinajstić information content (AvgIpc) is 1.53. The first-order valence-corrected chi connectivity index (χ1v) is 49.0. The number of hydrogen-bond donors (Lipinski definition) is 0. The first kappa shape index (κ1) is 79.5. The van der Waals surface area contributed by atoms with Gasteiger partial charge in [0.05, 0.1) is 0 Å². The second-order valence-corrected chi connectivity index (χ2v) is 40.6. The molecule has 2 nitrogen and oxygen atoms in total. The lowest BCUT2D eigenvalue weighted by Crippen LogP contribution is -2.55. The van der Waals surface area contributed by atoms with Crippen molar-refractivity contribution < 1.29 is 0 Å². The van der Waals surface area contributed by atoms with E-state index in [1.54, 1.807) is 22.3 Å². The molecule has 0 amide bonds. The Kier molecular flexibility index (Phi) is 19.1. The molecule has 0 saturated heterocycles. The zero-order chi connectivity index (χ0) is 88.0. The van der Waals surface area contributed by atoms with E-state index in [-0.39, 0.29) is 16.2 Å². The molecule has 18 aromatic carbocycles. The van der Waals surface area contributed by atoms with Crippen LogP contribution in [0.25, 0.3) is 134 Å². The van der Waals surface area contributed by atoms with Crippen molar-refractivity contribution in [3.05, 3.63) is 470 Å².